The van der Waals surface area contributed by atoms with Crippen molar-refractivity contribution in [3.05, 3.63) is 83.6 Å². The monoisotopic (exact) mass is 562 g/mol. The molecule has 0 spiro atoms. The lowest BCUT2D eigenvalue weighted by Crippen LogP contribution is -2.23. The van der Waals surface area contributed by atoms with Gasteiger partial charge in [0, 0.05) is 34.8 Å². The van der Waals surface area contributed by atoms with Crippen LogP contribution in [0.2, 0.25) is 0 Å². The third-order valence-corrected chi connectivity index (χ3v) is 7.26. The van der Waals surface area contributed by atoms with Crippen LogP contribution in [0.1, 0.15) is 42.1 Å². The summed E-state index contributed by atoms with van der Waals surface area (Å²) < 4.78 is 41.9. The molecule has 0 bridgehead atoms. The van der Waals surface area contributed by atoms with Crippen LogP contribution in [0.5, 0.6) is 17.2 Å². The number of aryl methyl sites for hydroxylation is 1. The number of aromatic nitrogens is 4. The topological polar surface area (TPSA) is 122 Å². The number of aromatic amines is 1. The quantitative estimate of drug-likeness (QED) is 0.201. The highest BCUT2D eigenvalue weighted by Crippen LogP contribution is 2.48. The summed E-state index contributed by atoms with van der Waals surface area (Å²) in [5, 5.41) is 27.8. The first-order valence-electron chi connectivity index (χ1n) is 12.7. The van der Waals surface area contributed by atoms with E-state index in [1.165, 1.54) is 38.7 Å². The van der Waals surface area contributed by atoms with Gasteiger partial charge in [0.15, 0.2) is 23.1 Å². The first kappa shape index (κ1) is 27.6. The van der Waals surface area contributed by atoms with E-state index >= 15 is 0 Å². The average Bonchev–Trinajstić information content (AvgIpc) is 3.61. The number of methoxy groups -OCH3 is 2. The van der Waals surface area contributed by atoms with Crippen molar-refractivity contribution in [2.24, 2.45) is 0 Å². The molecule has 0 aliphatic heterocycles. The summed E-state index contributed by atoms with van der Waals surface area (Å²) in [7, 11) is 2.72. The second-order valence-electron chi connectivity index (χ2n) is 10.2. The number of carboxylic acid groups (broad SMARTS) is 1. The normalized spacial score (nSPS) is 11.7. The van der Waals surface area contributed by atoms with E-state index in [1.807, 2.05) is 18.4 Å². The van der Waals surface area contributed by atoms with Crippen molar-refractivity contribution >= 4 is 16.9 Å². The van der Waals surface area contributed by atoms with Crippen molar-refractivity contribution in [1.82, 2.24) is 19.7 Å². The maximum Gasteiger partial charge on any atom is 0.339 e. The molecule has 3 N–H and O–H groups in total. The van der Waals surface area contributed by atoms with Crippen LogP contribution in [0.15, 0.2) is 54.9 Å². The highest BCUT2D eigenvalue weighted by atomic mass is 19.1. The number of benzene rings is 3. The fourth-order valence-electron chi connectivity index (χ4n) is 5.24. The summed E-state index contributed by atoms with van der Waals surface area (Å²) >= 11 is 0. The number of phenolic OH excluding ortho intramolecular Hbond substituents is 1. The zero-order valence-corrected chi connectivity index (χ0v) is 22.8. The van der Waals surface area contributed by atoms with E-state index < -0.39 is 28.8 Å². The second-order valence-corrected chi connectivity index (χ2v) is 10.2. The number of aromatic carboxylic acids is 1. The molecule has 9 nitrogen and oxygen atoms in total. The summed E-state index contributed by atoms with van der Waals surface area (Å²) in [5.74, 6) is -2.34. The SMILES string of the molecule is COc1cc(-n2c(C(C)(C)CCc3ncn[nH]3)c(-c3ccc(C(=O)O)c(OC)c3)c3c(O)c(F)ccc32)ccc1F. The van der Waals surface area contributed by atoms with Crippen LogP contribution in [0.25, 0.3) is 27.7 Å². The van der Waals surface area contributed by atoms with E-state index in [0.717, 1.165) is 6.07 Å². The zero-order chi connectivity index (χ0) is 29.5. The van der Waals surface area contributed by atoms with Gasteiger partial charge in [0.2, 0.25) is 0 Å². The molecule has 0 radical (unpaired) electrons. The van der Waals surface area contributed by atoms with E-state index in [9.17, 15) is 23.8 Å². The Morgan fingerprint density at radius 2 is 1.76 bits per heavy atom. The summed E-state index contributed by atoms with van der Waals surface area (Å²) in [6.45, 7) is 3.99. The number of H-pyrrole nitrogens is 1. The van der Waals surface area contributed by atoms with Crippen molar-refractivity contribution in [3.8, 4) is 34.1 Å². The number of aromatic hydroxyl groups is 1. The summed E-state index contributed by atoms with van der Waals surface area (Å²) in [5.41, 5.74) is 1.87. The van der Waals surface area contributed by atoms with Crippen molar-refractivity contribution in [2.75, 3.05) is 14.2 Å². The minimum atomic E-state index is -1.17. The van der Waals surface area contributed by atoms with Crippen LogP contribution in [0.4, 0.5) is 8.78 Å². The molecule has 2 aromatic heterocycles. The van der Waals surface area contributed by atoms with Crippen LogP contribution in [-0.2, 0) is 11.8 Å². The van der Waals surface area contributed by atoms with Crippen LogP contribution in [0.3, 0.4) is 0 Å². The van der Waals surface area contributed by atoms with Gasteiger partial charge in [-0.15, -0.1) is 0 Å². The summed E-state index contributed by atoms with van der Waals surface area (Å²) in [6, 6.07) is 11.6. The van der Waals surface area contributed by atoms with Crippen molar-refractivity contribution in [2.45, 2.75) is 32.1 Å². The van der Waals surface area contributed by atoms with Gasteiger partial charge in [-0.05, 0) is 48.4 Å². The van der Waals surface area contributed by atoms with Crippen LogP contribution in [0, 0.1) is 11.6 Å². The molecule has 0 aliphatic rings. The lowest BCUT2D eigenvalue weighted by Gasteiger charge is -2.29. The van der Waals surface area contributed by atoms with Crippen molar-refractivity contribution < 1.29 is 33.3 Å². The Morgan fingerprint density at radius 3 is 2.41 bits per heavy atom. The number of nitrogens with one attached hydrogen (secondary N) is 1. The maximum atomic E-state index is 15.0. The molecule has 0 saturated carbocycles. The Hall–Kier alpha value is -4.93. The van der Waals surface area contributed by atoms with Gasteiger partial charge in [-0.3, -0.25) is 5.10 Å². The van der Waals surface area contributed by atoms with Crippen LogP contribution >= 0.6 is 0 Å². The number of carboxylic acids is 1. The Morgan fingerprint density at radius 1 is 1.02 bits per heavy atom. The molecule has 0 unspecified atom stereocenters. The number of phenols is 1. The molecule has 0 amide bonds. The molecule has 3 aromatic carbocycles. The first-order valence-corrected chi connectivity index (χ1v) is 12.7. The minimum Gasteiger partial charge on any atom is -0.504 e. The molecule has 5 aromatic rings. The van der Waals surface area contributed by atoms with E-state index in [4.69, 9.17) is 9.47 Å². The third kappa shape index (κ3) is 4.83. The molecule has 0 fully saturated rings. The largest absolute Gasteiger partial charge is 0.504 e. The predicted octanol–water partition coefficient (Wildman–Crippen LogP) is 6.03. The van der Waals surface area contributed by atoms with Crippen LogP contribution < -0.4 is 9.47 Å². The van der Waals surface area contributed by atoms with E-state index in [1.54, 1.807) is 24.3 Å². The lowest BCUT2D eigenvalue weighted by molar-refractivity contribution is 0.0693. The molecular weight excluding hydrogens is 534 g/mol. The molecular formula is C30H28F2N4O5. The fourth-order valence-corrected chi connectivity index (χ4v) is 5.24. The smallest absolute Gasteiger partial charge is 0.339 e. The van der Waals surface area contributed by atoms with Crippen molar-refractivity contribution in [1.29, 1.82) is 0 Å². The molecule has 41 heavy (non-hydrogen) atoms. The number of carbonyl (C=O) groups is 1. The highest BCUT2D eigenvalue weighted by molar-refractivity contribution is 6.04. The molecule has 5 rings (SSSR count). The van der Waals surface area contributed by atoms with Gasteiger partial charge in [0.05, 0.1) is 25.1 Å². The molecule has 0 saturated heterocycles. The molecule has 0 atom stereocenters. The zero-order valence-electron chi connectivity index (χ0n) is 22.8. The number of nitrogens with zero attached hydrogens (tertiary/aromatic N) is 3. The molecule has 0 aliphatic carbocycles. The van der Waals surface area contributed by atoms with E-state index in [0.29, 0.717) is 46.7 Å². The average molecular weight is 563 g/mol. The lowest BCUT2D eigenvalue weighted by atomic mass is 9.80. The Bertz CT molecular complexity index is 1760. The number of hydrogen-bond acceptors (Lipinski definition) is 6. The summed E-state index contributed by atoms with van der Waals surface area (Å²) in [6.07, 6.45) is 2.48. The van der Waals surface area contributed by atoms with Gasteiger partial charge in [0.1, 0.15) is 23.5 Å². The molecule has 212 valence electrons. The van der Waals surface area contributed by atoms with Gasteiger partial charge in [-0.25, -0.2) is 18.6 Å². The predicted molar refractivity (Wildman–Crippen MR) is 148 cm³/mol. The number of ether oxygens (including phenoxy) is 2. The molecule has 2 heterocycles. The van der Waals surface area contributed by atoms with E-state index in [2.05, 4.69) is 15.2 Å². The van der Waals surface area contributed by atoms with E-state index in [-0.39, 0.29) is 22.4 Å². The fraction of sp³-hybridized carbons (Fsp3) is 0.233. The van der Waals surface area contributed by atoms with Gasteiger partial charge in [0.25, 0.3) is 0 Å². The standard InChI is InChI=1S/C30H28F2N4O5/c1-30(2,12-11-24-33-15-34-35-24)28-25(16-5-7-18(29(38)39)22(13-16)40-3)26-21(10-9-20(32)27(26)37)36(28)17-6-8-19(31)23(14-17)41-4/h5-10,13-15,37H,11-12H2,1-4H3,(H,38,39)(H,33,34,35). The Kier molecular flexibility index (Phi) is 7.12. The number of fused-ring (bicyclic) bond motifs is 1. The van der Waals surface area contributed by atoms with Crippen molar-refractivity contribution in [3.63, 3.8) is 0 Å². The maximum absolute atomic E-state index is 15.0. The minimum absolute atomic E-state index is 0.00938. The first-order chi connectivity index (χ1) is 19.6. The van der Waals surface area contributed by atoms with Crippen LogP contribution in [-0.4, -0.2) is 50.2 Å². The number of hydrogen-bond donors (Lipinski definition) is 3. The second kappa shape index (κ2) is 10.6. The highest BCUT2D eigenvalue weighted by Gasteiger charge is 2.34. The van der Waals surface area contributed by atoms with Gasteiger partial charge < -0.3 is 24.3 Å². The summed E-state index contributed by atoms with van der Waals surface area (Å²) in [4.78, 5) is 16.0. The van der Waals surface area contributed by atoms with Gasteiger partial charge in [-0.2, -0.15) is 5.10 Å². The van der Waals surface area contributed by atoms with Gasteiger partial charge in [-0.1, -0.05) is 19.9 Å². The number of halogens is 2. The Labute approximate surface area is 234 Å². The third-order valence-electron chi connectivity index (χ3n) is 7.26. The van der Waals surface area contributed by atoms with Gasteiger partial charge >= 0.3 is 5.97 Å². The Balaban J connectivity index is 1.89. The molecule has 11 heteroatoms. The number of rotatable bonds is 9.